The zero-order valence-electron chi connectivity index (χ0n) is 11.1. The first-order chi connectivity index (χ1) is 9.29. The summed E-state index contributed by atoms with van der Waals surface area (Å²) in [5, 5.41) is 3.58. The lowest BCUT2D eigenvalue weighted by Crippen LogP contribution is -2.24. The monoisotopic (exact) mass is 277 g/mol. The average Bonchev–Trinajstić information content (AvgIpc) is 2.76. The highest BCUT2D eigenvalue weighted by Gasteiger charge is 2.29. The van der Waals surface area contributed by atoms with Crippen molar-refractivity contribution in [3.63, 3.8) is 0 Å². The highest BCUT2D eigenvalue weighted by Crippen LogP contribution is 2.26. The van der Waals surface area contributed by atoms with Gasteiger partial charge in [0.05, 0.1) is 10.9 Å². The van der Waals surface area contributed by atoms with Gasteiger partial charge in [0.15, 0.2) is 5.17 Å². The Morgan fingerprint density at radius 3 is 2.84 bits per heavy atom. The Morgan fingerprint density at radius 1 is 1.32 bits per heavy atom. The van der Waals surface area contributed by atoms with Crippen molar-refractivity contribution in [1.82, 2.24) is 10.3 Å². The Kier molecular flexibility index (Phi) is 5.39. The van der Waals surface area contributed by atoms with Crippen LogP contribution in [0.4, 0.5) is 5.69 Å². The van der Waals surface area contributed by atoms with E-state index in [0.29, 0.717) is 5.17 Å². The van der Waals surface area contributed by atoms with Gasteiger partial charge in [0, 0.05) is 12.4 Å². The van der Waals surface area contributed by atoms with Crippen molar-refractivity contribution in [3.05, 3.63) is 24.5 Å². The van der Waals surface area contributed by atoms with Crippen LogP contribution in [0.3, 0.4) is 0 Å². The van der Waals surface area contributed by atoms with E-state index in [1.807, 2.05) is 12.1 Å². The number of carbonyl (C=O) groups excluding carboxylic acids is 1. The van der Waals surface area contributed by atoms with Crippen molar-refractivity contribution in [3.8, 4) is 0 Å². The summed E-state index contributed by atoms with van der Waals surface area (Å²) in [6.45, 7) is 2.19. The minimum atomic E-state index is 0.0254. The molecule has 2 heterocycles. The molecule has 1 atom stereocenters. The standard InChI is InChI=1S/C14H19N3OS/c1-2-3-4-5-6-12-13(18)17-14(19-12)16-11-7-9-15-10-8-11/h7-10,12H,2-6H2,1H3,(H,15,16,17,18). The Morgan fingerprint density at radius 2 is 2.11 bits per heavy atom. The van der Waals surface area contributed by atoms with E-state index in [1.165, 1.54) is 19.3 Å². The zero-order valence-corrected chi connectivity index (χ0v) is 11.9. The highest BCUT2D eigenvalue weighted by atomic mass is 32.2. The molecular formula is C14H19N3OS. The number of carbonyl (C=O) groups is 1. The quantitative estimate of drug-likeness (QED) is 0.812. The van der Waals surface area contributed by atoms with Gasteiger partial charge in [-0.1, -0.05) is 44.4 Å². The molecule has 2 rings (SSSR count). The third-order valence-electron chi connectivity index (χ3n) is 2.99. The number of aliphatic imine (C=N–C) groups is 1. The van der Waals surface area contributed by atoms with Crippen molar-refractivity contribution in [1.29, 1.82) is 0 Å². The summed E-state index contributed by atoms with van der Waals surface area (Å²) < 4.78 is 0. The van der Waals surface area contributed by atoms with E-state index >= 15 is 0 Å². The van der Waals surface area contributed by atoms with Crippen LogP contribution in [0.2, 0.25) is 0 Å². The van der Waals surface area contributed by atoms with Crippen LogP contribution in [0, 0.1) is 0 Å². The van der Waals surface area contributed by atoms with Gasteiger partial charge in [-0.3, -0.25) is 9.78 Å². The van der Waals surface area contributed by atoms with Crippen LogP contribution in [0.25, 0.3) is 0 Å². The second-order valence-corrected chi connectivity index (χ2v) is 5.76. The van der Waals surface area contributed by atoms with Crippen molar-refractivity contribution in [2.24, 2.45) is 4.99 Å². The third kappa shape index (κ3) is 4.35. The van der Waals surface area contributed by atoms with Gasteiger partial charge < -0.3 is 5.32 Å². The molecule has 0 aliphatic carbocycles. The van der Waals surface area contributed by atoms with Crippen LogP contribution in [-0.4, -0.2) is 21.3 Å². The van der Waals surface area contributed by atoms with Gasteiger partial charge in [-0.25, -0.2) is 4.99 Å². The number of hydrogen-bond donors (Lipinski definition) is 1. The normalized spacial score (nSPS) is 20.8. The number of unbranched alkanes of at least 4 members (excludes halogenated alkanes) is 3. The number of pyridine rings is 1. The van der Waals surface area contributed by atoms with Crippen LogP contribution >= 0.6 is 11.8 Å². The van der Waals surface area contributed by atoms with Crippen molar-refractivity contribution < 1.29 is 4.79 Å². The minimum Gasteiger partial charge on any atom is -0.304 e. The van der Waals surface area contributed by atoms with Crippen LogP contribution in [-0.2, 0) is 4.79 Å². The first kappa shape index (κ1) is 14.1. The molecule has 1 aromatic rings. The first-order valence-corrected chi connectivity index (χ1v) is 7.64. The Balaban J connectivity index is 1.87. The number of aromatic nitrogens is 1. The molecule has 1 amide bonds. The molecule has 0 saturated carbocycles. The lowest BCUT2D eigenvalue weighted by Gasteiger charge is -2.03. The fraction of sp³-hybridized carbons (Fsp3) is 0.500. The van der Waals surface area contributed by atoms with Crippen LogP contribution in [0.15, 0.2) is 29.5 Å². The molecular weight excluding hydrogens is 258 g/mol. The molecule has 1 aliphatic rings. The fourth-order valence-corrected chi connectivity index (χ4v) is 2.98. The molecule has 0 aromatic carbocycles. The fourth-order valence-electron chi connectivity index (χ4n) is 1.94. The van der Waals surface area contributed by atoms with Crippen molar-refractivity contribution in [2.45, 2.75) is 44.3 Å². The van der Waals surface area contributed by atoms with Crippen LogP contribution in [0.5, 0.6) is 0 Å². The molecule has 1 aromatic heterocycles. The Hall–Kier alpha value is -1.36. The van der Waals surface area contributed by atoms with E-state index in [2.05, 4.69) is 22.2 Å². The maximum atomic E-state index is 11.8. The van der Waals surface area contributed by atoms with E-state index < -0.39 is 0 Å². The molecule has 102 valence electrons. The second-order valence-electron chi connectivity index (χ2n) is 4.57. The predicted octanol–water partition coefficient (Wildman–Crippen LogP) is 3.27. The average molecular weight is 277 g/mol. The summed E-state index contributed by atoms with van der Waals surface area (Å²) in [5.41, 5.74) is 0.824. The maximum Gasteiger partial charge on any atom is 0.239 e. The van der Waals surface area contributed by atoms with E-state index in [1.54, 1.807) is 24.2 Å². The second kappa shape index (κ2) is 7.28. The summed E-state index contributed by atoms with van der Waals surface area (Å²) in [6, 6.07) is 3.66. The summed E-state index contributed by atoms with van der Waals surface area (Å²) >= 11 is 1.54. The zero-order chi connectivity index (χ0) is 13.5. The molecule has 1 N–H and O–H groups in total. The first-order valence-electron chi connectivity index (χ1n) is 6.76. The van der Waals surface area contributed by atoms with Gasteiger partial charge in [-0.05, 0) is 18.6 Å². The Labute approximate surface area is 118 Å². The highest BCUT2D eigenvalue weighted by molar-refractivity contribution is 8.15. The SMILES string of the molecule is CCCCCCC1SC(=Nc2ccncc2)NC1=O. The van der Waals surface area contributed by atoms with Crippen LogP contribution in [0.1, 0.15) is 39.0 Å². The van der Waals surface area contributed by atoms with E-state index in [4.69, 9.17) is 0 Å². The summed E-state index contributed by atoms with van der Waals surface area (Å²) in [4.78, 5) is 20.2. The van der Waals surface area contributed by atoms with E-state index in [0.717, 1.165) is 18.5 Å². The molecule has 1 aliphatic heterocycles. The number of thioether (sulfide) groups is 1. The topological polar surface area (TPSA) is 54.4 Å². The Bertz CT molecular complexity index is 447. The van der Waals surface area contributed by atoms with Crippen LogP contribution < -0.4 is 5.32 Å². The van der Waals surface area contributed by atoms with Crippen molar-refractivity contribution >= 4 is 28.5 Å². The molecule has 1 saturated heterocycles. The molecule has 1 unspecified atom stereocenters. The number of amides is 1. The molecule has 0 spiro atoms. The van der Waals surface area contributed by atoms with Crippen molar-refractivity contribution in [2.75, 3.05) is 0 Å². The number of nitrogens with zero attached hydrogens (tertiary/aromatic N) is 2. The maximum absolute atomic E-state index is 11.8. The molecule has 19 heavy (non-hydrogen) atoms. The number of rotatable bonds is 6. The molecule has 0 bridgehead atoms. The smallest absolute Gasteiger partial charge is 0.239 e. The van der Waals surface area contributed by atoms with Gasteiger partial charge in [0.2, 0.25) is 5.91 Å². The molecule has 0 radical (unpaired) electrons. The molecule has 4 nitrogen and oxygen atoms in total. The lowest BCUT2D eigenvalue weighted by atomic mass is 10.1. The predicted molar refractivity (Wildman–Crippen MR) is 79.6 cm³/mol. The molecule has 1 fully saturated rings. The number of amidine groups is 1. The van der Waals surface area contributed by atoms with E-state index in [-0.39, 0.29) is 11.2 Å². The molecule has 5 heteroatoms. The number of hydrogen-bond acceptors (Lipinski definition) is 4. The largest absolute Gasteiger partial charge is 0.304 e. The van der Waals surface area contributed by atoms with Gasteiger partial charge in [-0.2, -0.15) is 0 Å². The summed E-state index contributed by atoms with van der Waals surface area (Å²) in [6.07, 6.45) is 9.12. The lowest BCUT2D eigenvalue weighted by molar-refractivity contribution is -0.118. The van der Waals surface area contributed by atoms with Gasteiger partial charge in [0.1, 0.15) is 0 Å². The van der Waals surface area contributed by atoms with E-state index in [9.17, 15) is 4.79 Å². The van der Waals surface area contributed by atoms with Gasteiger partial charge >= 0.3 is 0 Å². The van der Waals surface area contributed by atoms with Gasteiger partial charge in [-0.15, -0.1) is 0 Å². The third-order valence-corrected chi connectivity index (χ3v) is 4.14. The van der Waals surface area contributed by atoms with Gasteiger partial charge in [0.25, 0.3) is 0 Å². The summed E-state index contributed by atoms with van der Waals surface area (Å²) in [5.74, 6) is 0.0919. The minimum absolute atomic E-state index is 0.0254. The number of nitrogens with one attached hydrogen (secondary N) is 1. The summed E-state index contributed by atoms with van der Waals surface area (Å²) in [7, 11) is 0.